The summed E-state index contributed by atoms with van der Waals surface area (Å²) in [5.41, 5.74) is -0.296. The van der Waals surface area contributed by atoms with Crippen molar-refractivity contribution in [2.24, 2.45) is 0 Å². The quantitative estimate of drug-likeness (QED) is 0.858. The molecule has 144 valence electrons. The molecule has 0 aliphatic carbocycles. The summed E-state index contributed by atoms with van der Waals surface area (Å²) in [6.07, 6.45) is 0.600. The van der Waals surface area contributed by atoms with Crippen LogP contribution in [0.2, 0.25) is 0 Å². The molecule has 1 aromatic rings. The van der Waals surface area contributed by atoms with Crippen LogP contribution in [0.1, 0.15) is 6.42 Å². The van der Waals surface area contributed by atoms with Crippen molar-refractivity contribution in [3.8, 4) is 0 Å². The second kappa shape index (κ2) is 7.60. The minimum Gasteiger partial charge on any atom is -0.453 e. The highest BCUT2D eigenvalue weighted by molar-refractivity contribution is 5.92. The number of halogens is 2. The monoisotopic (exact) mass is 381 g/mol. The number of hydrogen-bond acceptors (Lipinski definition) is 6. The van der Waals surface area contributed by atoms with E-state index in [-0.39, 0.29) is 43.2 Å². The second-order valence-electron chi connectivity index (χ2n) is 5.97. The molecule has 3 rings (SSSR count). The number of amides is 2. The van der Waals surface area contributed by atoms with Crippen molar-refractivity contribution in [1.29, 1.82) is 0 Å². The standard InChI is InChI=1S/C17H17F2N3O5/c1-26-16(24)20-8-12-9-22(17(25)27-12)10-6-13(18)15(14(19)7-10)21-4-2-11(23)3-5-21/h2,4,6-7,12H,3,5,8-9H2,1H3,(H,20,24). The number of allylic oxidation sites excluding steroid dienone is 1. The van der Waals surface area contributed by atoms with Gasteiger partial charge < -0.3 is 19.7 Å². The second-order valence-corrected chi connectivity index (χ2v) is 5.97. The molecule has 0 aromatic heterocycles. The van der Waals surface area contributed by atoms with Crippen molar-refractivity contribution < 1.29 is 32.6 Å². The lowest BCUT2D eigenvalue weighted by Crippen LogP contribution is -2.34. The zero-order valence-corrected chi connectivity index (χ0v) is 14.4. The highest BCUT2D eigenvalue weighted by atomic mass is 19.1. The molecule has 2 heterocycles. The molecule has 10 heteroatoms. The number of methoxy groups -OCH3 is 1. The minimum absolute atomic E-state index is 0.00335. The number of cyclic esters (lactones) is 1. The zero-order chi connectivity index (χ0) is 19.6. The first-order valence-electron chi connectivity index (χ1n) is 8.15. The van der Waals surface area contributed by atoms with Gasteiger partial charge in [-0.1, -0.05) is 0 Å². The lowest BCUT2D eigenvalue weighted by atomic mass is 10.1. The van der Waals surface area contributed by atoms with Gasteiger partial charge in [0.2, 0.25) is 0 Å². The highest BCUT2D eigenvalue weighted by Gasteiger charge is 2.34. The molecule has 1 N–H and O–H groups in total. The Kier molecular flexibility index (Phi) is 5.24. The Morgan fingerprint density at radius 2 is 2.04 bits per heavy atom. The van der Waals surface area contributed by atoms with E-state index >= 15 is 0 Å². The molecule has 8 nitrogen and oxygen atoms in total. The number of benzene rings is 1. The third-order valence-electron chi connectivity index (χ3n) is 4.17. The molecular weight excluding hydrogens is 364 g/mol. The fourth-order valence-electron chi connectivity index (χ4n) is 2.84. The Morgan fingerprint density at radius 1 is 1.33 bits per heavy atom. The molecule has 1 aromatic carbocycles. The van der Waals surface area contributed by atoms with Crippen LogP contribution in [0.4, 0.5) is 29.7 Å². The molecule has 1 atom stereocenters. The zero-order valence-electron chi connectivity index (χ0n) is 14.4. The average molecular weight is 381 g/mol. The number of hydrogen-bond donors (Lipinski definition) is 1. The predicted octanol–water partition coefficient (Wildman–Crippen LogP) is 1.94. The summed E-state index contributed by atoms with van der Waals surface area (Å²) in [6.45, 7) is 0.180. The third kappa shape index (κ3) is 3.99. The van der Waals surface area contributed by atoms with Gasteiger partial charge in [0, 0.05) is 31.3 Å². The molecule has 2 amide bonds. The Morgan fingerprint density at radius 3 is 2.63 bits per heavy atom. The Balaban J connectivity index is 1.76. The largest absolute Gasteiger partial charge is 0.453 e. The van der Waals surface area contributed by atoms with E-state index < -0.39 is 29.9 Å². The third-order valence-corrected chi connectivity index (χ3v) is 4.17. The fraction of sp³-hybridized carbons (Fsp3) is 0.353. The Bertz CT molecular complexity index is 791. The van der Waals surface area contributed by atoms with Gasteiger partial charge in [0.25, 0.3) is 0 Å². The van der Waals surface area contributed by atoms with Crippen LogP contribution in [0.15, 0.2) is 24.4 Å². The molecule has 1 unspecified atom stereocenters. The Hall–Kier alpha value is -3.17. The summed E-state index contributed by atoms with van der Waals surface area (Å²) in [6, 6.07) is 2.06. The number of anilines is 2. The minimum atomic E-state index is -0.868. The van der Waals surface area contributed by atoms with Crippen molar-refractivity contribution >= 4 is 29.3 Å². The maximum absolute atomic E-state index is 14.5. The van der Waals surface area contributed by atoms with Gasteiger partial charge >= 0.3 is 12.2 Å². The van der Waals surface area contributed by atoms with Crippen molar-refractivity contribution in [2.75, 3.05) is 36.5 Å². The lowest BCUT2D eigenvalue weighted by Gasteiger charge is -2.25. The van der Waals surface area contributed by atoms with Crippen molar-refractivity contribution in [3.63, 3.8) is 0 Å². The molecule has 0 spiro atoms. The number of ketones is 1. The van der Waals surface area contributed by atoms with Crippen LogP contribution < -0.4 is 15.1 Å². The van der Waals surface area contributed by atoms with Crippen molar-refractivity contribution in [2.45, 2.75) is 12.5 Å². The summed E-state index contributed by atoms with van der Waals surface area (Å²) in [5, 5.41) is 2.39. The van der Waals surface area contributed by atoms with Gasteiger partial charge in [0.1, 0.15) is 11.8 Å². The molecule has 0 radical (unpaired) electrons. The number of rotatable bonds is 4. The van der Waals surface area contributed by atoms with Gasteiger partial charge in [-0.05, 0) is 6.08 Å². The smallest absolute Gasteiger partial charge is 0.414 e. The van der Waals surface area contributed by atoms with Crippen LogP contribution in [0.3, 0.4) is 0 Å². The number of carbonyl (C=O) groups is 3. The van der Waals surface area contributed by atoms with E-state index in [1.807, 2.05) is 0 Å². The average Bonchev–Trinajstić information content (AvgIpc) is 3.01. The van der Waals surface area contributed by atoms with Crippen LogP contribution >= 0.6 is 0 Å². The van der Waals surface area contributed by atoms with Gasteiger partial charge in [0.05, 0.1) is 25.9 Å². The number of nitrogens with zero attached hydrogens (tertiary/aromatic N) is 2. The van der Waals surface area contributed by atoms with Crippen molar-refractivity contribution in [1.82, 2.24) is 5.32 Å². The summed E-state index contributed by atoms with van der Waals surface area (Å²) >= 11 is 0. The van der Waals surface area contributed by atoms with Crippen LogP contribution in [0.5, 0.6) is 0 Å². The van der Waals surface area contributed by atoms with Crippen LogP contribution in [-0.4, -0.2) is 50.8 Å². The number of alkyl carbamates (subject to hydrolysis) is 1. The number of nitrogens with one attached hydrogen (secondary N) is 1. The summed E-state index contributed by atoms with van der Waals surface area (Å²) in [7, 11) is 1.20. The van der Waals surface area contributed by atoms with Gasteiger partial charge in [-0.3, -0.25) is 9.69 Å². The molecule has 1 saturated heterocycles. The van der Waals surface area contributed by atoms with Gasteiger partial charge in [-0.25, -0.2) is 18.4 Å². The normalized spacial score (nSPS) is 19.3. The molecule has 2 aliphatic rings. The maximum Gasteiger partial charge on any atom is 0.414 e. The summed E-state index contributed by atoms with van der Waals surface area (Å²) in [5.74, 6) is -1.85. The van der Waals surface area contributed by atoms with E-state index in [9.17, 15) is 23.2 Å². The van der Waals surface area contributed by atoms with Crippen LogP contribution in [0.25, 0.3) is 0 Å². The van der Waals surface area contributed by atoms with E-state index in [1.165, 1.54) is 24.3 Å². The molecule has 0 saturated carbocycles. The topological polar surface area (TPSA) is 88.2 Å². The van der Waals surface area contributed by atoms with Gasteiger partial charge in [-0.15, -0.1) is 0 Å². The lowest BCUT2D eigenvalue weighted by molar-refractivity contribution is -0.114. The van der Waals surface area contributed by atoms with Crippen LogP contribution in [-0.2, 0) is 14.3 Å². The SMILES string of the molecule is COC(=O)NCC1CN(c2cc(F)c(N3C=CC(=O)CC3)c(F)c2)C(=O)O1. The maximum atomic E-state index is 14.5. The van der Waals surface area contributed by atoms with Gasteiger partial charge in [-0.2, -0.15) is 0 Å². The number of carbonyl (C=O) groups excluding carboxylic acids is 3. The Labute approximate surface area is 153 Å². The molecule has 2 aliphatic heterocycles. The van der Waals surface area contributed by atoms with E-state index in [4.69, 9.17) is 4.74 Å². The summed E-state index contributed by atoms with van der Waals surface area (Å²) < 4.78 is 38.5. The molecule has 0 bridgehead atoms. The molecule has 27 heavy (non-hydrogen) atoms. The van der Waals surface area contributed by atoms with E-state index in [0.717, 1.165) is 17.0 Å². The van der Waals surface area contributed by atoms with Gasteiger partial charge in [0.15, 0.2) is 17.4 Å². The number of ether oxygens (including phenoxy) is 2. The first kappa shape index (κ1) is 18.6. The first-order chi connectivity index (χ1) is 12.9. The van der Waals surface area contributed by atoms with E-state index in [0.29, 0.717) is 0 Å². The summed E-state index contributed by atoms with van der Waals surface area (Å²) in [4.78, 5) is 36.7. The van der Waals surface area contributed by atoms with Crippen LogP contribution in [0, 0.1) is 11.6 Å². The fourth-order valence-corrected chi connectivity index (χ4v) is 2.84. The first-order valence-corrected chi connectivity index (χ1v) is 8.15. The highest BCUT2D eigenvalue weighted by Crippen LogP contribution is 2.31. The van der Waals surface area contributed by atoms with E-state index in [1.54, 1.807) is 0 Å². The predicted molar refractivity (Wildman–Crippen MR) is 90.5 cm³/mol. The molecule has 1 fully saturated rings. The van der Waals surface area contributed by atoms with E-state index in [2.05, 4.69) is 10.1 Å². The van der Waals surface area contributed by atoms with Crippen molar-refractivity contribution in [3.05, 3.63) is 36.0 Å². The molecular formula is C17H17F2N3O5.